The van der Waals surface area contributed by atoms with Crippen LogP contribution in [0.25, 0.3) is 22.3 Å². The Hall–Kier alpha value is -3.68. The number of anilines is 1. The van der Waals surface area contributed by atoms with Crippen LogP contribution >= 0.6 is 0 Å². The maximum Gasteiger partial charge on any atom is 0.159 e. The highest BCUT2D eigenvalue weighted by Crippen LogP contribution is 2.34. The van der Waals surface area contributed by atoms with Crippen LogP contribution in [0.1, 0.15) is 29.9 Å². The lowest BCUT2D eigenvalue weighted by Gasteiger charge is -2.16. The summed E-state index contributed by atoms with van der Waals surface area (Å²) in [4.78, 5) is 8.87. The van der Waals surface area contributed by atoms with Crippen LogP contribution in [0.2, 0.25) is 0 Å². The fraction of sp³-hybridized carbons (Fsp3) is 0.238. The maximum atomic E-state index is 5.56. The van der Waals surface area contributed by atoms with E-state index in [9.17, 15) is 0 Å². The molecule has 1 aromatic carbocycles. The summed E-state index contributed by atoms with van der Waals surface area (Å²) in [5.74, 6) is 1.23. The smallest absolute Gasteiger partial charge is 0.159 e. The van der Waals surface area contributed by atoms with Crippen molar-refractivity contribution in [2.24, 2.45) is 0 Å². The first kappa shape index (κ1) is 18.7. The Morgan fingerprint density at radius 1 is 0.966 bits per heavy atom. The zero-order chi connectivity index (χ0) is 20.4. The summed E-state index contributed by atoms with van der Waals surface area (Å²) >= 11 is 0. The minimum Gasteiger partial charge on any atom is -0.494 e. The van der Waals surface area contributed by atoms with E-state index in [1.807, 2.05) is 45.0 Å². The molecule has 0 saturated carbocycles. The molecule has 0 fully saturated rings. The van der Waals surface area contributed by atoms with Gasteiger partial charge in [-0.05, 0) is 50.6 Å². The Morgan fingerprint density at radius 3 is 2.45 bits per heavy atom. The highest BCUT2D eigenvalue weighted by atomic mass is 16.5. The molecular weight excluding hydrogens is 366 g/mol. The van der Waals surface area contributed by atoms with E-state index in [0.717, 1.165) is 33.6 Å². The van der Waals surface area contributed by atoms with E-state index in [0.29, 0.717) is 17.1 Å². The fourth-order valence-corrected chi connectivity index (χ4v) is 3.02. The van der Waals surface area contributed by atoms with E-state index in [1.54, 1.807) is 25.7 Å². The second kappa shape index (κ2) is 7.75. The van der Waals surface area contributed by atoms with Crippen molar-refractivity contribution in [2.45, 2.75) is 26.8 Å². The first-order valence-electron chi connectivity index (χ1n) is 9.24. The van der Waals surface area contributed by atoms with Gasteiger partial charge in [0, 0.05) is 23.3 Å². The van der Waals surface area contributed by atoms with Crippen molar-refractivity contribution < 1.29 is 4.74 Å². The Bertz CT molecular complexity index is 1140. The highest BCUT2D eigenvalue weighted by molar-refractivity contribution is 5.97. The van der Waals surface area contributed by atoms with Crippen molar-refractivity contribution in [1.29, 1.82) is 0 Å². The average Bonchev–Trinajstić information content (AvgIpc) is 2.74. The van der Waals surface area contributed by atoms with Crippen LogP contribution in [0, 0.1) is 13.8 Å². The summed E-state index contributed by atoms with van der Waals surface area (Å²) in [6.45, 7) is 5.89. The van der Waals surface area contributed by atoms with Gasteiger partial charge < -0.3 is 10.1 Å². The van der Waals surface area contributed by atoms with Gasteiger partial charge >= 0.3 is 0 Å². The van der Waals surface area contributed by atoms with Crippen molar-refractivity contribution in [2.75, 3.05) is 12.4 Å². The minimum atomic E-state index is -0.0687. The van der Waals surface area contributed by atoms with E-state index in [4.69, 9.17) is 4.74 Å². The van der Waals surface area contributed by atoms with E-state index in [-0.39, 0.29) is 6.04 Å². The summed E-state index contributed by atoms with van der Waals surface area (Å²) in [7, 11) is 1.61. The van der Waals surface area contributed by atoms with E-state index in [1.165, 1.54) is 0 Å². The average molecular weight is 387 g/mol. The molecule has 8 heteroatoms. The van der Waals surface area contributed by atoms with Crippen molar-refractivity contribution in [3.05, 3.63) is 59.8 Å². The number of fused-ring (bicyclic) bond motifs is 1. The van der Waals surface area contributed by atoms with Crippen molar-refractivity contribution in [3.63, 3.8) is 0 Å². The molecule has 0 spiro atoms. The monoisotopic (exact) mass is 387 g/mol. The van der Waals surface area contributed by atoms with E-state index >= 15 is 0 Å². The second-order valence-electron chi connectivity index (χ2n) is 6.88. The number of aromatic nitrogens is 6. The predicted molar refractivity (Wildman–Crippen MR) is 111 cm³/mol. The number of methoxy groups -OCH3 is 1. The molecule has 0 aliphatic rings. The van der Waals surface area contributed by atoms with Crippen LogP contribution in [0.3, 0.4) is 0 Å². The zero-order valence-corrected chi connectivity index (χ0v) is 16.7. The summed E-state index contributed by atoms with van der Waals surface area (Å²) < 4.78 is 5.56. The largest absolute Gasteiger partial charge is 0.494 e. The summed E-state index contributed by atoms with van der Waals surface area (Å²) in [5.41, 5.74) is 5.04. The third-order valence-electron chi connectivity index (χ3n) is 4.60. The van der Waals surface area contributed by atoms with Gasteiger partial charge in [0.25, 0.3) is 0 Å². The Balaban J connectivity index is 1.78. The molecule has 0 amide bonds. The van der Waals surface area contributed by atoms with Gasteiger partial charge in [0.05, 0.1) is 36.4 Å². The molecule has 146 valence electrons. The first-order valence-corrected chi connectivity index (χ1v) is 9.24. The molecular formula is C21H21N7O. The van der Waals surface area contributed by atoms with Gasteiger partial charge in [-0.2, -0.15) is 15.3 Å². The van der Waals surface area contributed by atoms with Crippen molar-refractivity contribution in [1.82, 2.24) is 30.4 Å². The third-order valence-corrected chi connectivity index (χ3v) is 4.60. The Morgan fingerprint density at radius 2 is 1.76 bits per heavy atom. The topological polar surface area (TPSA) is 98.6 Å². The molecule has 0 radical (unpaired) electrons. The molecule has 1 atom stereocenters. The quantitative estimate of drug-likeness (QED) is 0.554. The maximum absolute atomic E-state index is 5.56. The van der Waals surface area contributed by atoms with Crippen molar-refractivity contribution >= 4 is 16.6 Å². The molecule has 0 aliphatic carbocycles. The number of hydrogen-bond acceptors (Lipinski definition) is 8. The van der Waals surface area contributed by atoms with Crippen LogP contribution in [0.4, 0.5) is 5.69 Å². The molecule has 0 aliphatic heterocycles. The lowest BCUT2D eigenvalue weighted by Crippen LogP contribution is -2.10. The van der Waals surface area contributed by atoms with Gasteiger partial charge in [-0.25, -0.2) is 9.97 Å². The molecule has 3 aromatic heterocycles. The van der Waals surface area contributed by atoms with E-state index in [2.05, 4.69) is 35.7 Å². The zero-order valence-electron chi connectivity index (χ0n) is 16.7. The molecule has 4 aromatic rings. The summed E-state index contributed by atoms with van der Waals surface area (Å²) in [6.07, 6.45) is 5.28. The number of rotatable bonds is 5. The van der Waals surface area contributed by atoms with Gasteiger partial charge in [-0.15, -0.1) is 5.10 Å². The van der Waals surface area contributed by atoms with Gasteiger partial charge in [-0.1, -0.05) is 0 Å². The number of nitrogens with one attached hydrogen (secondary N) is 1. The van der Waals surface area contributed by atoms with Crippen LogP contribution in [-0.2, 0) is 0 Å². The van der Waals surface area contributed by atoms with Crippen LogP contribution in [0.5, 0.6) is 5.75 Å². The minimum absolute atomic E-state index is 0.0687. The molecule has 0 bridgehead atoms. The molecule has 3 heterocycles. The highest BCUT2D eigenvalue weighted by Gasteiger charge is 2.15. The van der Waals surface area contributed by atoms with Gasteiger partial charge in [0.1, 0.15) is 11.3 Å². The lowest BCUT2D eigenvalue weighted by atomic mass is 10.1. The SMILES string of the molecule is COc1cc(-c2ncc(C)cn2)cc2c(NC(C)c3ccc(C)nn3)cnnc12. The number of nitrogens with zero attached hydrogens (tertiary/aromatic N) is 6. The molecule has 1 unspecified atom stereocenters. The fourth-order valence-electron chi connectivity index (χ4n) is 3.02. The van der Waals surface area contributed by atoms with Gasteiger partial charge in [0.15, 0.2) is 5.82 Å². The Labute approximate surface area is 168 Å². The number of ether oxygens (including phenoxy) is 1. The van der Waals surface area contributed by atoms with Crippen LogP contribution < -0.4 is 10.1 Å². The van der Waals surface area contributed by atoms with Gasteiger partial charge in [-0.3, -0.25) is 0 Å². The first-order chi connectivity index (χ1) is 14.0. The van der Waals surface area contributed by atoms with Crippen molar-refractivity contribution in [3.8, 4) is 17.1 Å². The Kier molecular flexibility index (Phi) is 4.99. The van der Waals surface area contributed by atoms with Crippen LogP contribution in [-0.4, -0.2) is 37.5 Å². The molecule has 4 rings (SSSR count). The molecule has 29 heavy (non-hydrogen) atoms. The second-order valence-corrected chi connectivity index (χ2v) is 6.88. The third kappa shape index (κ3) is 3.82. The summed E-state index contributed by atoms with van der Waals surface area (Å²) in [5, 5.41) is 21.1. The molecule has 0 saturated heterocycles. The number of aryl methyl sites for hydroxylation is 2. The summed E-state index contributed by atoms with van der Waals surface area (Å²) in [6, 6.07) is 7.70. The molecule has 8 nitrogen and oxygen atoms in total. The van der Waals surface area contributed by atoms with Crippen LogP contribution in [0.15, 0.2) is 42.9 Å². The lowest BCUT2D eigenvalue weighted by molar-refractivity contribution is 0.418. The normalized spacial score (nSPS) is 12.0. The number of hydrogen-bond donors (Lipinski definition) is 1. The predicted octanol–water partition coefficient (Wildman–Crippen LogP) is 3.68. The van der Waals surface area contributed by atoms with Gasteiger partial charge in [0.2, 0.25) is 0 Å². The standard InChI is InChI=1S/C21H21N7O/c1-12-9-22-21(23-10-12)15-7-16-18(11-24-28-20(16)19(8-15)29-4)25-14(3)17-6-5-13(2)26-27-17/h5-11,14H,1-4H3,(H,25,28). The number of benzene rings is 1. The molecule has 1 N–H and O–H groups in total. The van der Waals surface area contributed by atoms with E-state index < -0.39 is 0 Å².